The lowest BCUT2D eigenvalue weighted by molar-refractivity contribution is 0.844. The third kappa shape index (κ3) is 1.82. The Balaban J connectivity index is 2.97. The first-order valence-electron chi connectivity index (χ1n) is 3.04. The third-order valence-corrected chi connectivity index (χ3v) is 3.28. The molecule has 0 bridgehead atoms. The summed E-state index contributed by atoms with van der Waals surface area (Å²) in [6.45, 7) is 1.46. The maximum absolute atomic E-state index is 13.0. The van der Waals surface area contributed by atoms with Gasteiger partial charge in [0, 0.05) is 0 Å². The number of halogens is 2. The van der Waals surface area contributed by atoms with Crippen LogP contribution in [0.2, 0.25) is 6.55 Å². The van der Waals surface area contributed by atoms with E-state index in [1.807, 2.05) is 6.07 Å². The molecule has 0 saturated carbocycles. The summed E-state index contributed by atoms with van der Waals surface area (Å²) in [6.07, 6.45) is 0. The Labute approximate surface area is 65.5 Å². The lowest BCUT2D eigenvalue weighted by atomic mass is 10.4. The highest BCUT2D eigenvalue weighted by Gasteiger charge is 2.26. The van der Waals surface area contributed by atoms with Gasteiger partial charge in [-0.05, 0) is 11.7 Å². The van der Waals surface area contributed by atoms with Crippen molar-refractivity contribution in [1.82, 2.24) is 0 Å². The molecule has 1 unspecified atom stereocenters. The molecule has 0 amide bonds. The van der Waals surface area contributed by atoms with Gasteiger partial charge in [-0.3, -0.25) is 4.11 Å². The number of hydrogen-bond donors (Lipinski definition) is 0. The van der Waals surface area contributed by atoms with Crippen molar-refractivity contribution in [1.29, 1.82) is 0 Å². The Hall–Kier alpha value is -0.343. The van der Waals surface area contributed by atoms with Crippen molar-refractivity contribution < 1.29 is 4.11 Å². The summed E-state index contributed by atoms with van der Waals surface area (Å²) in [5.41, 5.74) is 0. The van der Waals surface area contributed by atoms with Crippen LogP contribution in [0.1, 0.15) is 0 Å². The molecule has 3 heteroatoms. The van der Waals surface area contributed by atoms with E-state index in [0.29, 0.717) is 5.19 Å². The van der Waals surface area contributed by atoms with E-state index < -0.39 is 7.72 Å². The molecule has 0 heterocycles. The van der Waals surface area contributed by atoms with Gasteiger partial charge in [-0.25, -0.2) is 0 Å². The van der Waals surface area contributed by atoms with Crippen LogP contribution in [0.25, 0.3) is 0 Å². The first kappa shape index (κ1) is 7.76. The van der Waals surface area contributed by atoms with Crippen LogP contribution < -0.4 is 5.19 Å². The van der Waals surface area contributed by atoms with Crippen molar-refractivity contribution in [3.63, 3.8) is 0 Å². The smallest absolute Gasteiger partial charge is 0.287 e. The Morgan fingerprint density at radius 2 is 1.80 bits per heavy atom. The van der Waals surface area contributed by atoms with Crippen LogP contribution in [0.15, 0.2) is 30.3 Å². The molecule has 0 radical (unpaired) electrons. The fraction of sp³-hybridized carbons (Fsp3) is 0.143. The van der Waals surface area contributed by atoms with E-state index in [-0.39, 0.29) is 0 Å². The van der Waals surface area contributed by atoms with Crippen LogP contribution >= 0.6 is 11.1 Å². The fourth-order valence-corrected chi connectivity index (χ4v) is 1.89. The molecule has 0 nitrogen and oxygen atoms in total. The lowest BCUT2D eigenvalue weighted by Gasteiger charge is -2.06. The number of benzene rings is 1. The molecule has 1 aromatic rings. The van der Waals surface area contributed by atoms with Gasteiger partial charge in [0.25, 0.3) is 0 Å². The maximum atomic E-state index is 13.0. The van der Waals surface area contributed by atoms with Crippen molar-refractivity contribution >= 4 is 24.0 Å². The van der Waals surface area contributed by atoms with E-state index in [9.17, 15) is 4.11 Å². The predicted molar refractivity (Wildman–Crippen MR) is 44.7 cm³/mol. The highest BCUT2D eigenvalue weighted by Crippen LogP contribution is 2.08. The van der Waals surface area contributed by atoms with E-state index in [1.165, 1.54) is 6.55 Å². The van der Waals surface area contributed by atoms with Gasteiger partial charge in [-0.1, -0.05) is 30.3 Å². The second kappa shape index (κ2) is 2.72. The van der Waals surface area contributed by atoms with Gasteiger partial charge >= 0.3 is 7.72 Å². The Kier molecular flexibility index (Phi) is 2.11. The van der Waals surface area contributed by atoms with Crippen LogP contribution in [0, 0.1) is 0 Å². The Morgan fingerprint density at radius 3 is 2.10 bits per heavy atom. The molecule has 54 valence electrons. The molecule has 0 fully saturated rings. The van der Waals surface area contributed by atoms with Crippen molar-refractivity contribution in [3.8, 4) is 0 Å². The molecule has 0 aromatic heterocycles. The zero-order valence-electron chi connectivity index (χ0n) is 5.64. The van der Waals surface area contributed by atoms with Gasteiger partial charge < -0.3 is 0 Å². The zero-order valence-corrected chi connectivity index (χ0v) is 7.40. The summed E-state index contributed by atoms with van der Waals surface area (Å²) in [5, 5.41) is 0.636. The summed E-state index contributed by atoms with van der Waals surface area (Å²) >= 11 is 5.53. The minimum atomic E-state index is -3.06. The second-order valence-corrected chi connectivity index (χ2v) is 6.74. The lowest BCUT2D eigenvalue weighted by Crippen LogP contribution is -2.33. The number of hydrogen-bond acceptors (Lipinski definition) is 0. The molecule has 0 N–H and O–H groups in total. The molecule has 0 aliphatic heterocycles. The largest absolute Gasteiger partial charge is 0.367 e. The maximum Gasteiger partial charge on any atom is 0.367 e. The molecule has 1 rings (SSSR count). The predicted octanol–water partition coefficient (Wildman–Crippen LogP) is 2.17. The SMILES string of the molecule is C[Si](F)(Cl)c1ccccc1. The first-order valence-corrected chi connectivity index (χ1v) is 6.43. The Morgan fingerprint density at radius 1 is 1.30 bits per heavy atom. The summed E-state index contributed by atoms with van der Waals surface area (Å²) < 4.78 is 13.0. The van der Waals surface area contributed by atoms with Crippen molar-refractivity contribution in [2.24, 2.45) is 0 Å². The third-order valence-electron chi connectivity index (χ3n) is 1.28. The Bertz CT molecular complexity index is 205. The van der Waals surface area contributed by atoms with Gasteiger partial charge in [0.15, 0.2) is 0 Å². The van der Waals surface area contributed by atoms with E-state index in [0.717, 1.165) is 0 Å². The average Bonchev–Trinajstić information content (AvgIpc) is 1.88. The van der Waals surface area contributed by atoms with Crippen molar-refractivity contribution in [2.45, 2.75) is 6.55 Å². The van der Waals surface area contributed by atoms with Crippen LogP contribution in [0.3, 0.4) is 0 Å². The van der Waals surface area contributed by atoms with E-state index in [2.05, 4.69) is 0 Å². The minimum absolute atomic E-state index is 0.636. The van der Waals surface area contributed by atoms with E-state index >= 15 is 0 Å². The van der Waals surface area contributed by atoms with Gasteiger partial charge in [0.2, 0.25) is 0 Å². The summed E-state index contributed by atoms with van der Waals surface area (Å²) in [5.74, 6) is 0. The highest BCUT2D eigenvalue weighted by atomic mass is 35.6. The summed E-state index contributed by atoms with van der Waals surface area (Å²) in [6, 6.07) is 8.88. The highest BCUT2D eigenvalue weighted by molar-refractivity contribution is 7.22. The quantitative estimate of drug-likeness (QED) is 0.452. The molecule has 0 saturated heterocycles. The second-order valence-electron chi connectivity index (χ2n) is 2.25. The fourth-order valence-electron chi connectivity index (χ4n) is 0.731. The molecule has 1 aromatic carbocycles. The molecule has 0 spiro atoms. The number of rotatable bonds is 1. The topological polar surface area (TPSA) is 0 Å². The van der Waals surface area contributed by atoms with Gasteiger partial charge in [-0.15, -0.1) is 11.1 Å². The van der Waals surface area contributed by atoms with Crippen LogP contribution in [0.5, 0.6) is 0 Å². The standard InChI is InChI=1S/C7H8ClFSi/c1-10(8,9)7-5-3-2-4-6-7/h2-6H,1H3. The molecule has 0 aliphatic rings. The van der Waals surface area contributed by atoms with Gasteiger partial charge in [0.1, 0.15) is 0 Å². The normalized spacial score (nSPS) is 16.3. The zero-order chi connectivity index (χ0) is 7.61. The van der Waals surface area contributed by atoms with Crippen LogP contribution in [-0.2, 0) is 0 Å². The van der Waals surface area contributed by atoms with Gasteiger partial charge in [0.05, 0.1) is 0 Å². The summed E-state index contributed by atoms with van der Waals surface area (Å²) in [4.78, 5) is 0. The first-order chi connectivity index (χ1) is 4.61. The van der Waals surface area contributed by atoms with Crippen LogP contribution in [-0.4, -0.2) is 7.72 Å². The average molecular weight is 175 g/mol. The van der Waals surface area contributed by atoms with E-state index in [4.69, 9.17) is 11.1 Å². The molecule has 0 aliphatic carbocycles. The van der Waals surface area contributed by atoms with Crippen molar-refractivity contribution in [2.75, 3.05) is 0 Å². The monoisotopic (exact) mass is 174 g/mol. The minimum Gasteiger partial charge on any atom is -0.287 e. The van der Waals surface area contributed by atoms with Crippen molar-refractivity contribution in [3.05, 3.63) is 30.3 Å². The van der Waals surface area contributed by atoms with Gasteiger partial charge in [-0.2, -0.15) is 0 Å². The summed E-state index contributed by atoms with van der Waals surface area (Å²) in [7, 11) is -3.06. The van der Waals surface area contributed by atoms with E-state index in [1.54, 1.807) is 24.3 Å². The molecular formula is C7H8ClFSi. The molecule has 10 heavy (non-hydrogen) atoms. The van der Waals surface area contributed by atoms with Crippen LogP contribution in [0.4, 0.5) is 4.11 Å². The molecule has 1 atom stereocenters. The molecular weight excluding hydrogens is 167 g/mol.